The van der Waals surface area contributed by atoms with E-state index in [1.54, 1.807) is 0 Å². The van der Waals surface area contributed by atoms with Crippen LogP contribution in [0.25, 0.3) is 20.2 Å². The summed E-state index contributed by atoms with van der Waals surface area (Å²) in [6.07, 6.45) is 0. The van der Waals surface area contributed by atoms with Crippen LogP contribution in [0.2, 0.25) is 0 Å². The summed E-state index contributed by atoms with van der Waals surface area (Å²) >= 11 is 1.38. The maximum Gasteiger partial charge on any atom is 0.251 e. The van der Waals surface area contributed by atoms with Crippen LogP contribution >= 0.6 is 22.7 Å². The molecule has 0 bridgehead atoms. The van der Waals surface area contributed by atoms with Gasteiger partial charge in [-0.15, -0.1) is 0 Å². The molecule has 2 aromatic heterocycles. The Balaban J connectivity index is 1.99. The molecule has 0 fully saturated rings. The van der Waals surface area contributed by atoms with Gasteiger partial charge in [0.2, 0.25) is 9.84 Å². The molecule has 6 nitrogen and oxygen atoms in total. The fourth-order valence-electron chi connectivity index (χ4n) is 2.66. The Kier molecular flexibility index (Phi) is 4.02. The minimum Gasteiger partial charge on any atom is -0.508 e. The van der Waals surface area contributed by atoms with Gasteiger partial charge < -0.3 is 10.2 Å². The highest BCUT2D eigenvalue weighted by molar-refractivity contribution is 7.91. The van der Waals surface area contributed by atoms with E-state index in [2.05, 4.69) is 0 Å². The molecule has 2 N–H and O–H groups in total. The van der Waals surface area contributed by atoms with E-state index in [9.17, 15) is 28.2 Å². The second-order valence-corrected chi connectivity index (χ2v) is 9.66. The van der Waals surface area contributed by atoms with Crippen molar-refractivity contribution in [2.45, 2.75) is 9.79 Å². The molecule has 0 aliphatic rings. The zero-order valence-corrected chi connectivity index (χ0v) is 15.8. The molecule has 136 valence electrons. The van der Waals surface area contributed by atoms with Gasteiger partial charge in [-0.05, 0) is 59.3 Å². The summed E-state index contributed by atoms with van der Waals surface area (Å²) in [5.74, 6) is -0.0645. The lowest BCUT2D eigenvalue weighted by Gasteiger charge is -2.06. The first kappa shape index (κ1) is 17.7. The van der Waals surface area contributed by atoms with Crippen molar-refractivity contribution >= 4 is 52.7 Å². The molecular formula is C18H10O6S3. The molecule has 2 aromatic carbocycles. The number of phenols is 2. The van der Waals surface area contributed by atoms with Crippen LogP contribution in [0.5, 0.6) is 11.5 Å². The van der Waals surface area contributed by atoms with Crippen molar-refractivity contribution < 1.29 is 18.6 Å². The Labute approximate surface area is 160 Å². The third kappa shape index (κ3) is 2.99. The van der Waals surface area contributed by atoms with Crippen LogP contribution in [0.4, 0.5) is 0 Å². The first-order chi connectivity index (χ1) is 12.8. The number of rotatable bonds is 2. The summed E-state index contributed by atoms with van der Waals surface area (Å²) in [7, 11) is -4.33. The minimum absolute atomic E-state index is 0.0322. The van der Waals surface area contributed by atoms with Crippen LogP contribution in [-0.4, -0.2) is 18.6 Å². The molecule has 0 aliphatic carbocycles. The lowest BCUT2D eigenvalue weighted by atomic mass is 10.2. The SMILES string of the molecule is O=c1sc2cc(O)ccc2cc1S(=O)(=O)c1cc2ccc(O)cc2sc1=O. The molecule has 4 rings (SSSR count). The topological polar surface area (TPSA) is 109 Å². The molecule has 0 spiro atoms. The van der Waals surface area contributed by atoms with E-state index in [0.717, 1.165) is 0 Å². The highest BCUT2D eigenvalue weighted by atomic mass is 32.2. The number of hydrogen-bond acceptors (Lipinski definition) is 8. The van der Waals surface area contributed by atoms with E-state index >= 15 is 0 Å². The molecule has 27 heavy (non-hydrogen) atoms. The van der Waals surface area contributed by atoms with Crippen LogP contribution in [0.3, 0.4) is 0 Å². The lowest BCUT2D eigenvalue weighted by Crippen LogP contribution is -2.18. The Morgan fingerprint density at radius 1 is 0.667 bits per heavy atom. The van der Waals surface area contributed by atoms with Crippen LogP contribution in [0.1, 0.15) is 0 Å². The lowest BCUT2D eigenvalue weighted by molar-refractivity contribution is 0.475. The van der Waals surface area contributed by atoms with Crippen molar-refractivity contribution in [3.63, 3.8) is 0 Å². The van der Waals surface area contributed by atoms with Gasteiger partial charge in [-0.2, -0.15) is 0 Å². The molecule has 0 aliphatic heterocycles. The van der Waals surface area contributed by atoms with E-state index in [4.69, 9.17) is 0 Å². The Bertz CT molecular complexity index is 1340. The number of aromatic hydroxyl groups is 2. The van der Waals surface area contributed by atoms with Gasteiger partial charge in [0, 0.05) is 9.40 Å². The number of phenolic OH excluding ortho intramolecular Hbond substituents is 2. The van der Waals surface area contributed by atoms with Gasteiger partial charge in [-0.25, -0.2) is 8.42 Å². The predicted octanol–water partition coefficient (Wildman–Crippen LogP) is 3.08. The van der Waals surface area contributed by atoms with E-state index < -0.39 is 29.1 Å². The molecule has 0 saturated carbocycles. The van der Waals surface area contributed by atoms with Gasteiger partial charge in [-0.1, -0.05) is 22.7 Å². The van der Waals surface area contributed by atoms with Gasteiger partial charge in [0.05, 0.1) is 0 Å². The minimum atomic E-state index is -4.33. The summed E-state index contributed by atoms with van der Waals surface area (Å²) in [6.45, 7) is 0. The molecule has 0 radical (unpaired) electrons. The van der Waals surface area contributed by atoms with E-state index in [0.29, 0.717) is 42.8 Å². The first-order valence-corrected chi connectivity index (χ1v) is 10.7. The monoisotopic (exact) mass is 418 g/mol. The van der Waals surface area contributed by atoms with Crippen LogP contribution in [-0.2, 0) is 9.84 Å². The van der Waals surface area contributed by atoms with Crippen molar-refractivity contribution in [2.24, 2.45) is 0 Å². The first-order valence-electron chi connectivity index (χ1n) is 7.54. The van der Waals surface area contributed by atoms with Crippen molar-refractivity contribution in [3.8, 4) is 11.5 Å². The Morgan fingerprint density at radius 2 is 1.07 bits per heavy atom. The third-order valence-electron chi connectivity index (χ3n) is 3.95. The second kappa shape index (κ2) is 6.15. The largest absolute Gasteiger partial charge is 0.508 e. The van der Waals surface area contributed by atoms with Crippen LogP contribution in [0.15, 0.2) is 67.9 Å². The fraction of sp³-hybridized carbons (Fsp3) is 0. The van der Waals surface area contributed by atoms with Gasteiger partial charge in [-0.3, -0.25) is 9.59 Å². The number of hydrogen-bond donors (Lipinski definition) is 2. The van der Waals surface area contributed by atoms with Crippen molar-refractivity contribution in [3.05, 3.63) is 67.6 Å². The highest BCUT2D eigenvalue weighted by Crippen LogP contribution is 2.28. The summed E-state index contributed by atoms with van der Waals surface area (Å²) in [5.41, 5.74) is 0. The van der Waals surface area contributed by atoms with Crippen LogP contribution in [0, 0.1) is 0 Å². The normalized spacial score (nSPS) is 11.9. The molecular weight excluding hydrogens is 408 g/mol. The Hall–Kier alpha value is -2.75. The molecule has 2 heterocycles. The molecule has 0 unspecified atom stereocenters. The third-order valence-corrected chi connectivity index (χ3v) is 7.93. The van der Waals surface area contributed by atoms with Crippen LogP contribution < -0.4 is 9.48 Å². The van der Waals surface area contributed by atoms with E-state index in [-0.39, 0.29) is 11.5 Å². The van der Waals surface area contributed by atoms with Gasteiger partial charge in [0.1, 0.15) is 21.3 Å². The van der Waals surface area contributed by atoms with E-state index in [1.807, 2.05) is 0 Å². The molecule has 4 aromatic rings. The molecule has 9 heteroatoms. The standard InChI is InChI=1S/C18H10O6S3/c19-11-3-1-9-5-15(17(21)25-13(9)7-11)27(23,24)16-6-10-2-4-12(20)8-14(10)26-18(16)22/h1-8,19-20H. The second-order valence-electron chi connectivity index (χ2n) is 5.74. The zero-order chi connectivity index (χ0) is 19.3. The average Bonchev–Trinajstić information content (AvgIpc) is 2.60. The smallest absolute Gasteiger partial charge is 0.251 e. The molecule has 0 atom stereocenters. The zero-order valence-electron chi connectivity index (χ0n) is 13.4. The number of sulfone groups is 1. The van der Waals surface area contributed by atoms with E-state index in [1.165, 1.54) is 48.5 Å². The van der Waals surface area contributed by atoms with Gasteiger partial charge in [0.25, 0.3) is 9.48 Å². The van der Waals surface area contributed by atoms with Gasteiger partial charge >= 0.3 is 0 Å². The number of fused-ring (bicyclic) bond motifs is 2. The predicted molar refractivity (Wildman–Crippen MR) is 105 cm³/mol. The quantitative estimate of drug-likeness (QED) is 0.518. The van der Waals surface area contributed by atoms with Gasteiger partial charge in [0.15, 0.2) is 0 Å². The summed E-state index contributed by atoms with van der Waals surface area (Å²) in [6, 6.07) is 11.0. The number of benzene rings is 2. The molecule has 0 amide bonds. The highest BCUT2D eigenvalue weighted by Gasteiger charge is 2.26. The van der Waals surface area contributed by atoms with Crippen molar-refractivity contribution in [1.82, 2.24) is 0 Å². The Morgan fingerprint density at radius 3 is 1.48 bits per heavy atom. The maximum atomic E-state index is 13.0. The van der Waals surface area contributed by atoms with Crippen molar-refractivity contribution in [1.29, 1.82) is 0 Å². The maximum absolute atomic E-state index is 13.0. The van der Waals surface area contributed by atoms with Crippen molar-refractivity contribution in [2.75, 3.05) is 0 Å². The summed E-state index contributed by atoms with van der Waals surface area (Å²) < 4.78 is 25.5. The fourth-order valence-corrected chi connectivity index (χ4v) is 6.37. The summed E-state index contributed by atoms with van der Waals surface area (Å²) in [5, 5.41) is 20.0. The summed E-state index contributed by atoms with van der Waals surface area (Å²) in [4.78, 5) is 23.9. The molecule has 0 saturated heterocycles. The average molecular weight is 418 g/mol.